The highest BCUT2D eigenvalue weighted by Crippen LogP contribution is 2.20. The number of nitrogens with one attached hydrogen (secondary N) is 1. The Balaban J connectivity index is 2.27. The summed E-state index contributed by atoms with van der Waals surface area (Å²) in [5, 5.41) is 9.13. The van der Waals surface area contributed by atoms with Crippen LogP contribution in [0.25, 0.3) is 5.69 Å². The van der Waals surface area contributed by atoms with E-state index in [1.807, 2.05) is 0 Å². The van der Waals surface area contributed by atoms with Gasteiger partial charge >= 0.3 is 11.7 Å². The third-order valence-electron chi connectivity index (χ3n) is 3.58. The average Bonchev–Trinajstić information content (AvgIpc) is 2.88. The normalized spacial score (nSPS) is 13.2. The van der Waals surface area contributed by atoms with E-state index in [1.165, 1.54) is 18.2 Å². The molecular weight excluding hydrogens is 296 g/mol. The van der Waals surface area contributed by atoms with Crippen LogP contribution in [0.1, 0.15) is 28.0 Å². The van der Waals surface area contributed by atoms with Crippen LogP contribution in [0.15, 0.2) is 27.8 Å². The van der Waals surface area contributed by atoms with Crippen molar-refractivity contribution in [3.8, 4) is 5.69 Å². The molecule has 3 rings (SSSR count). The van der Waals surface area contributed by atoms with Gasteiger partial charge in [-0.05, 0) is 37.5 Å². The molecule has 0 spiro atoms. The number of aryl methyl sites for hydroxylation is 1. The predicted octanol–water partition coefficient (Wildman–Crippen LogP) is 1.37. The van der Waals surface area contributed by atoms with Gasteiger partial charge in [0.1, 0.15) is 0 Å². The van der Waals surface area contributed by atoms with Crippen molar-refractivity contribution >= 4 is 17.6 Å². The molecule has 0 saturated heterocycles. The molecule has 1 aromatic carbocycles. The molecule has 6 nitrogen and oxygen atoms in total. The number of carboxylic acids is 1. The number of aromatic carboxylic acids is 1. The van der Waals surface area contributed by atoms with Crippen molar-refractivity contribution in [2.24, 2.45) is 0 Å². The van der Waals surface area contributed by atoms with Gasteiger partial charge in [0.05, 0.1) is 16.3 Å². The van der Waals surface area contributed by atoms with Crippen LogP contribution in [0.4, 0.5) is 0 Å². The molecule has 0 fully saturated rings. The Morgan fingerprint density at radius 1 is 1.29 bits per heavy atom. The third-order valence-corrected chi connectivity index (χ3v) is 3.91. The maximum atomic E-state index is 12.4. The molecule has 1 aliphatic carbocycles. The number of hydrogen-bond donors (Lipinski definition) is 2. The largest absolute Gasteiger partial charge is 0.478 e. The number of nitrogens with zero attached hydrogens (tertiary/aromatic N) is 1. The summed E-state index contributed by atoms with van der Waals surface area (Å²) >= 11 is 5.80. The third kappa shape index (κ3) is 2.17. The summed E-state index contributed by atoms with van der Waals surface area (Å²) in [6.45, 7) is 0. The molecule has 2 aromatic rings. The van der Waals surface area contributed by atoms with E-state index in [4.69, 9.17) is 16.7 Å². The smallest absolute Gasteiger partial charge is 0.337 e. The van der Waals surface area contributed by atoms with Gasteiger partial charge in [-0.1, -0.05) is 11.6 Å². The fourth-order valence-electron chi connectivity index (χ4n) is 2.58. The minimum absolute atomic E-state index is 0.0527. The van der Waals surface area contributed by atoms with E-state index >= 15 is 0 Å². The van der Waals surface area contributed by atoms with Crippen LogP contribution in [-0.2, 0) is 12.8 Å². The molecule has 1 aliphatic rings. The number of carboxylic acid groups (broad SMARTS) is 1. The van der Waals surface area contributed by atoms with Gasteiger partial charge in [0.25, 0.3) is 5.56 Å². The van der Waals surface area contributed by atoms with Crippen molar-refractivity contribution < 1.29 is 9.90 Å². The zero-order chi connectivity index (χ0) is 15.1. The van der Waals surface area contributed by atoms with Crippen LogP contribution in [-0.4, -0.2) is 20.6 Å². The fraction of sp³-hybridized carbons (Fsp3) is 0.214. The summed E-state index contributed by atoms with van der Waals surface area (Å²) < 4.78 is 0.951. The van der Waals surface area contributed by atoms with Crippen LogP contribution in [0.2, 0.25) is 5.02 Å². The monoisotopic (exact) mass is 306 g/mol. The van der Waals surface area contributed by atoms with Crippen LogP contribution >= 0.6 is 11.6 Å². The first-order valence-electron chi connectivity index (χ1n) is 6.39. The molecular formula is C14H11ClN2O4. The first-order valence-corrected chi connectivity index (χ1v) is 6.77. The number of aromatic amines is 1. The molecule has 0 atom stereocenters. The Hall–Kier alpha value is -2.34. The van der Waals surface area contributed by atoms with Crippen LogP contribution < -0.4 is 11.2 Å². The summed E-state index contributed by atoms with van der Waals surface area (Å²) in [5.41, 5.74) is 0.332. The number of fused-ring (bicyclic) bond motifs is 1. The number of rotatable bonds is 2. The number of hydrogen-bond acceptors (Lipinski definition) is 3. The molecule has 2 N–H and O–H groups in total. The Kier molecular flexibility index (Phi) is 3.17. The minimum Gasteiger partial charge on any atom is -0.478 e. The highest BCUT2D eigenvalue weighted by Gasteiger charge is 2.20. The van der Waals surface area contributed by atoms with Crippen molar-refractivity contribution in [2.45, 2.75) is 19.3 Å². The van der Waals surface area contributed by atoms with Crippen LogP contribution in [0, 0.1) is 0 Å². The molecule has 21 heavy (non-hydrogen) atoms. The second-order valence-electron chi connectivity index (χ2n) is 4.85. The van der Waals surface area contributed by atoms with Crippen molar-refractivity contribution in [2.75, 3.05) is 0 Å². The highest BCUT2D eigenvalue weighted by atomic mass is 35.5. The SMILES string of the molecule is O=C(O)c1cc(-n2c(=O)[nH]c3c(c2=O)CCC3)ccc1Cl. The lowest BCUT2D eigenvalue weighted by atomic mass is 10.2. The lowest BCUT2D eigenvalue weighted by molar-refractivity contribution is 0.0697. The zero-order valence-electron chi connectivity index (χ0n) is 10.9. The molecule has 0 amide bonds. The molecule has 0 radical (unpaired) electrons. The van der Waals surface area contributed by atoms with E-state index in [1.54, 1.807) is 0 Å². The number of aromatic nitrogens is 2. The Labute approximate surface area is 123 Å². The molecule has 0 unspecified atom stereocenters. The molecule has 0 aliphatic heterocycles. The summed E-state index contributed by atoms with van der Waals surface area (Å²) in [7, 11) is 0. The van der Waals surface area contributed by atoms with Gasteiger partial charge in [-0.3, -0.25) is 4.79 Å². The Morgan fingerprint density at radius 3 is 2.76 bits per heavy atom. The summed E-state index contributed by atoms with van der Waals surface area (Å²) in [5.74, 6) is -1.22. The van der Waals surface area contributed by atoms with Crippen molar-refractivity contribution in [3.63, 3.8) is 0 Å². The number of benzene rings is 1. The lowest BCUT2D eigenvalue weighted by Gasteiger charge is -2.09. The number of halogens is 1. The van der Waals surface area contributed by atoms with Gasteiger partial charge in [0.15, 0.2) is 0 Å². The first-order chi connectivity index (χ1) is 9.99. The lowest BCUT2D eigenvalue weighted by Crippen LogP contribution is -2.36. The van der Waals surface area contributed by atoms with Crippen molar-refractivity contribution in [3.05, 3.63) is 60.9 Å². The predicted molar refractivity (Wildman–Crippen MR) is 76.7 cm³/mol. The minimum atomic E-state index is -1.22. The van der Waals surface area contributed by atoms with E-state index < -0.39 is 17.2 Å². The van der Waals surface area contributed by atoms with E-state index in [-0.39, 0.29) is 16.3 Å². The number of H-pyrrole nitrogens is 1. The van der Waals surface area contributed by atoms with Crippen LogP contribution in [0.5, 0.6) is 0 Å². The molecule has 1 heterocycles. The second kappa shape index (κ2) is 4.89. The van der Waals surface area contributed by atoms with Gasteiger partial charge in [0, 0.05) is 11.3 Å². The van der Waals surface area contributed by atoms with Gasteiger partial charge in [-0.25, -0.2) is 14.2 Å². The Morgan fingerprint density at radius 2 is 2.05 bits per heavy atom. The Bertz CT molecular complexity index is 866. The molecule has 0 saturated carbocycles. The topological polar surface area (TPSA) is 92.2 Å². The summed E-state index contributed by atoms with van der Waals surface area (Å²) in [6, 6.07) is 4.04. The van der Waals surface area contributed by atoms with Gasteiger partial charge in [-0.2, -0.15) is 0 Å². The zero-order valence-corrected chi connectivity index (χ0v) is 11.6. The quantitative estimate of drug-likeness (QED) is 0.876. The average molecular weight is 307 g/mol. The molecule has 0 bridgehead atoms. The molecule has 1 aromatic heterocycles. The fourth-order valence-corrected chi connectivity index (χ4v) is 2.78. The first kappa shape index (κ1) is 13.6. The second-order valence-corrected chi connectivity index (χ2v) is 5.26. The van der Waals surface area contributed by atoms with Crippen LogP contribution in [0.3, 0.4) is 0 Å². The van der Waals surface area contributed by atoms with Crippen molar-refractivity contribution in [1.82, 2.24) is 9.55 Å². The van der Waals surface area contributed by atoms with Gasteiger partial charge < -0.3 is 10.1 Å². The van der Waals surface area contributed by atoms with E-state index in [0.29, 0.717) is 24.1 Å². The maximum Gasteiger partial charge on any atom is 0.337 e. The highest BCUT2D eigenvalue weighted by molar-refractivity contribution is 6.33. The van der Waals surface area contributed by atoms with Crippen molar-refractivity contribution in [1.29, 1.82) is 0 Å². The maximum absolute atomic E-state index is 12.4. The standard InChI is InChI=1S/C14H11ClN2O4/c15-10-5-4-7(6-9(10)13(19)20)17-12(18)8-2-1-3-11(8)16-14(17)21/h4-6H,1-3H2,(H,16,21)(H,19,20). The van der Waals surface area contributed by atoms with Gasteiger partial charge in [0.2, 0.25) is 0 Å². The molecule has 108 valence electrons. The van der Waals surface area contributed by atoms with Gasteiger partial charge in [-0.15, -0.1) is 0 Å². The summed E-state index contributed by atoms with van der Waals surface area (Å²) in [6.07, 6.45) is 2.12. The number of carbonyl (C=O) groups is 1. The van der Waals surface area contributed by atoms with E-state index in [9.17, 15) is 14.4 Å². The molecule has 7 heteroatoms. The van der Waals surface area contributed by atoms with E-state index in [0.717, 1.165) is 11.0 Å². The summed E-state index contributed by atoms with van der Waals surface area (Å²) in [4.78, 5) is 38.3. The van der Waals surface area contributed by atoms with E-state index in [2.05, 4.69) is 4.98 Å².